The summed E-state index contributed by atoms with van der Waals surface area (Å²) in [5.41, 5.74) is 25.0. The lowest BCUT2D eigenvalue weighted by molar-refractivity contribution is 0.00578. The Kier molecular flexibility index (Phi) is 26.4. The molecule has 94 heavy (non-hydrogen) atoms. The highest BCUT2D eigenvalue weighted by molar-refractivity contribution is 9.11. The zero-order chi connectivity index (χ0) is 68.0. The number of ether oxygens (including phenoxy) is 2. The smallest absolute Gasteiger partial charge is 0.444 e. The average Bonchev–Trinajstić information content (AvgIpc) is 1.61. The third-order valence-electron chi connectivity index (χ3n) is 15.2. The molecule has 9 N–H and O–H groups in total. The fraction of sp³-hybridized carbons (Fsp3) is 0.403. The van der Waals surface area contributed by atoms with Gasteiger partial charge in [-0.2, -0.15) is 5.26 Å². The number of nitrogens with one attached hydrogen (secondary N) is 3. The van der Waals surface area contributed by atoms with Crippen molar-refractivity contribution in [1.82, 2.24) is 50.3 Å². The van der Waals surface area contributed by atoms with E-state index in [9.17, 15) is 24.0 Å². The van der Waals surface area contributed by atoms with Crippen molar-refractivity contribution in [2.75, 3.05) is 61.8 Å². The largest absolute Gasteiger partial charge is 0.490 e. The summed E-state index contributed by atoms with van der Waals surface area (Å²) in [6.07, 6.45) is 14.2. The maximum atomic E-state index is 13.3. The number of nitrogen functional groups attached to an aromatic ring is 3. The molecular formula is C67H84BBr3FN15O7. The molecule has 6 aromatic rings. The van der Waals surface area contributed by atoms with Crippen LogP contribution in [0.4, 0.5) is 37.3 Å². The number of benzene rings is 2. The van der Waals surface area contributed by atoms with Crippen molar-refractivity contribution in [3.05, 3.63) is 162 Å². The Morgan fingerprint density at radius 3 is 1.86 bits per heavy atom. The van der Waals surface area contributed by atoms with Crippen molar-refractivity contribution in [3.63, 3.8) is 0 Å². The summed E-state index contributed by atoms with van der Waals surface area (Å²) in [5, 5.41) is 18.8. The zero-order valence-electron chi connectivity index (χ0n) is 54.2. The molecule has 10 rings (SSSR count). The van der Waals surface area contributed by atoms with Gasteiger partial charge in [0.25, 0.3) is 5.91 Å². The molecule has 27 heteroatoms. The van der Waals surface area contributed by atoms with Crippen molar-refractivity contribution in [2.24, 2.45) is 0 Å². The molecule has 0 aliphatic carbocycles. The Morgan fingerprint density at radius 1 is 0.745 bits per heavy atom. The second kappa shape index (κ2) is 33.0. The average molecular weight is 1480 g/mol. The van der Waals surface area contributed by atoms with Gasteiger partial charge < -0.3 is 61.7 Å². The third-order valence-corrected chi connectivity index (χ3v) is 16.5. The first-order valence-electron chi connectivity index (χ1n) is 30.1. The monoisotopic (exact) mass is 1480 g/mol. The first-order chi connectivity index (χ1) is 43.8. The van der Waals surface area contributed by atoms with Crippen LogP contribution in [0.25, 0.3) is 22.3 Å². The first-order valence-corrected chi connectivity index (χ1v) is 32.5. The van der Waals surface area contributed by atoms with Crippen LogP contribution < -0.4 is 33.2 Å². The Labute approximate surface area is 576 Å². The van der Waals surface area contributed by atoms with E-state index in [2.05, 4.69) is 106 Å². The van der Waals surface area contributed by atoms with Crippen molar-refractivity contribution in [3.8, 4) is 17.2 Å². The van der Waals surface area contributed by atoms with Gasteiger partial charge in [0.05, 0.1) is 40.8 Å². The summed E-state index contributed by atoms with van der Waals surface area (Å²) in [7, 11) is -0.314. The quantitative estimate of drug-likeness (QED) is 0.0694. The number of hydrogen-bond donors (Lipinski definition) is 6. The van der Waals surface area contributed by atoms with Gasteiger partial charge in [0.1, 0.15) is 60.0 Å². The van der Waals surface area contributed by atoms with Crippen LogP contribution in [0.1, 0.15) is 147 Å². The lowest BCUT2D eigenvalue weighted by Gasteiger charge is -2.32. The lowest BCUT2D eigenvalue weighted by atomic mass is 9.75. The molecular weight excluding hydrogens is 1400 g/mol. The molecule has 0 unspecified atom stereocenters. The van der Waals surface area contributed by atoms with E-state index in [-0.39, 0.29) is 66.8 Å². The van der Waals surface area contributed by atoms with E-state index in [0.29, 0.717) is 81.9 Å². The van der Waals surface area contributed by atoms with Gasteiger partial charge >= 0.3 is 19.3 Å². The summed E-state index contributed by atoms with van der Waals surface area (Å²) in [4.78, 5) is 65.5. The third kappa shape index (κ3) is 21.6. The molecule has 0 saturated carbocycles. The van der Waals surface area contributed by atoms with Gasteiger partial charge in [-0.1, -0.05) is 62.1 Å². The highest BCUT2D eigenvalue weighted by Crippen LogP contribution is 2.40. The van der Waals surface area contributed by atoms with E-state index in [0.717, 1.165) is 64.8 Å². The number of nitrogens with zero attached hydrogens (tertiary/aromatic N) is 9. The number of carbonyl (C=O) groups is 3. The molecule has 1 fully saturated rings. The van der Waals surface area contributed by atoms with Crippen molar-refractivity contribution in [2.45, 2.75) is 138 Å². The predicted molar refractivity (Wildman–Crippen MR) is 378 cm³/mol. The van der Waals surface area contributed by atoms with Gasteiger partial charge in [0.15, 0.2) is 5.82 Å². The van der Waals surface area contributed by atoms with Gasteiger partial charge in [-0.3, -0.25) is 4.79 Å². The minimum atomic E-state index is -0.485. The topological polar surface area (TPSA) is 310 Å². The van der Waals surface area contributed by atoms with Crippen molar-refractivity contribution >= 4 is 107 Å². The molecule has 1 saturated heterocycles. The Morgan fingerprint density at radius 2 is 1.33 bits per heavy atom. The van der Waals surface area contributed by atoms with E-state index in [1.165, 1.54) is 30.0 Å². The maximum absolute atomic E-state index is 13.3. The number of carbonyl (C=O) groups excluding carboxylic acids is 3. The Balaban J connectivity index is 0.000000223. The number of nitrogens with two attached hydrogens (primary N) is 3. The van der Waals surface area contributed by atoms with Crippen molar-refractivity contribution in [1.29, 1.82) is 5.26 Å². The fourth-order valence-electron chi connectivity index (χ4n) is 9.44. The normalized spacial score (nSPS) is 16.0. The molecule has 1 atom stereocenters. The second-order valence-corrected chi connectivity index (χ2v) is 27.5. The van der Waals surface area contributed by atoms with E-state index in [4.69, 9.17) is 36.0 Å². The maximum Gasteiger partial charge on any atom is 0.490 e. The molecule has 2 aromatic carbocycles. The van der Waals surface area contributed by atoms with Crippen molar-refractivity contribution < 1.29 is 37.6 Å². The number of hydrogen-bond acceptors (Lipinski definition) is 19. The van der Waals surface area contributed by atoms with Crippen LogP contribution in [-0.2, 0) is 25.3 Å². The van der Waals surface area contributed by atoms with Crippen LogP contribution in [0.3, 0.4) is 0 Å². The zero-order valence-corrected chi connectivity index (χ0v) is 58.9. The highest BCUT2D eigenvalue weighted by atomic mass is 79.9. The summed E-state index contributed by atoms with van der Waals surface area (Å²) in [6, 6.07) is 19.3. The first kappa shape index (κ1) is 75.2. The predicted octanol–water partition coefficient (Wildman–Crippen LogP) is 13.5. The number of aromatic nitrogens is 6. The molecule has 3 amide bonds. The molecule has 0 bridgehead atoms. The standard InChI is InChI=1S/C32H30FN7O.C16H28BNO4.C14H19BrN4O2.C4H3Br2N3.CH4/c1-20(23-6-8-27(33)9-7-23)40-32(41)29-14-22(16-34)18-39-31(29)38-17-21-2-4-24(5-3-21)26-15-28(30(35)37-19-26)25-10-12-36-13-11-25;1-14(2,3)20-13(19)18-10-8-12(9-11-18)17-21-15(4,5)16(6,7)22-17;1-14(2,3)21-13(20)19-6-4-9(5-7-19)11-12(16)17-8-10(15)18-11;5-2-1-8-4(7)3(6)9-2;/h2-10,14-15,18-20,36H,11-13,17H2,1H3,(H2,35,37)(H,38,39)(H,40,41);8H,9-11H2,1-7H3;4,8H,5-7H2,1-3H3,(H2,16,17);1H,(H2,7,8);1H4/t20-;;;;/m0..../s1. The number of nitriles is 1. The van der Waals surface area contributed by atoms with Crippen LogP contribution >= 0.6 is 47.8 Å². The molecule has 0 spiro atoms. The molecule has 4 aromatic heterocycles. The van der Waals surface area contributed by atoms with Crippen LogP contribution in [0.5, 0.6) is 0 Å². The summed E-state index contributed by atoms with van der Waals surface area (Å²) < 4.78 is 38.0. The van der Waals surface area contributed by atoms with Gasteiger partial charge in [-0.25, -0.2) is 43.9 Å². The van der Waals surface area contributed by atoms with Crippen LogP contribution in [0, 0.1) is 17.1 Å². The van der Waals surface area contributed by atoms with Gasteiger partial charge in [0, 0.05) is 62.8 Å². The van der Waals surface area contributed by atoms with Gasteiger partial charge in [-0.15, -0.1) is 0 Å². The minimum absolute atomic E-state index is 0. The van der Waals surface area contributed by atoms with Gasteiger partial charge in [-0.05, 0) is 207 Å². The van der Waals surface area contributed by atoms with Gasteiger partial charge in [0.2, 0.25) is 0 Å². The molecule has 0 radical (unpaired) electrons. The lowest BCUT2D eigenvalue weighted by Crippen LogP contribution is -2.41. The number of rotatable bonds is 10. The second-order valence-electron chi connectivity index (χ2n) is 25.1. The SMILES string of the molecule is C.CC(C)(C)OC(=O)N1CC=C(B2OC(C)(C)C(C)(C)O2)CC1.CC(C)(C)OC(=O)N1CC=C(c2nc(Br)cnc2N)CC1.C[C@H](NC(=O)c1cc(C#N)cnc1NCc1ccc(-c2cnc(N)c(C3=CCNCC3)c2)cc1)c1ccc(F)cc1.Nc1ncc(Br)nc1Br. The van der Waals surface area contributed by atoms with E-state index < -0.39 is 11.2 Å². The Hall–Kier alpha value is -7.87. The molecule has 500 valence electrons. The van der Waals surface area contributed by atoms with Crippen LogP contribution in [0.15, 0.2) is 123 Å². The number of amides is 3. The number of pyridine rings is 2. The van der Waals surface area contributed by atoms with E-state index in [1.54, 1.807) is 40.5 Å². The minimum Gasteiger partial charge on any atom is -0.444 e. The molecule has 8 heterocycles. The van der Waals surface area contributed by atoms with Crippen LogP contribution in [-0.4, -0.2) is 127 Å². The molecule has 22 nitrogen and oxygen atoms in total. The van der Waals surface area contributed by atoms with Crippen LogP contribution in [0.2, 0.25) is 0 Å². The Bertz CT molecular complexity index is 3770. The summed E-state index contributed by atoms with van der Waals surface area (Å²) >= 11 is 9.54. The molecule has 4 aliphatic heterocycles. The van der Waals surface area contributed by atoms with E-state index >= 15 is 0 Å². The number of halogens is 4. The summed E-state index contributed by atoms with van der Waals surface area (Å²) in [6.45, 7) is 25.6. The fourth-order valence-corrected chi connectivity index (χ4v) is 10.5. The highest BCUT2D eigenvalue weighted by Gasteiger charge is 2.52. The summed E-state index contributed by atoms with van der Waals surface area (Å²) in [5.74, 6) is 0.958. The number of anilines is 4. The van der Waals surface area contributed by atoms with E-state index in [1.807, 2.05) is 119 Å². The molecule has 4 aliphatic rings.